The number of nitrogen functional groups attached to an aromatic ring is 1. The molecular weight excluding hydrogens is 288 g/mol. The Labute approximate surface area is 128 Å². The Bertz CT molecular complexity index is 671. The van der Waals surface area contributed by atoms with Crippen LogP contribution in [-0.4, -0.2) is 12.6 Å². The zero-order chi connectivity index (χ0) is 15.4. The van der Waals surface area contributed by atoms with E-state index in [1.807, 2.05) is 25.1 Å². The molecule has 2 rings (SSSR count). The first kappa shape index (κ1) is 15.2. The van der Waals surface area contributed by atoms with Crippen LogP contribution in [0.3, 0.4) is 0 Å². The van der Waals surface area contributed by atoms with Gasteiger partial charge in [-0.1, -0.05) is 17.7 Å². The Morgan fingerprint density at radius 3 is 2.71 bits per heavy atom. The van der Waals surface area contributed by atoms with E-state index in [2.05, 4.69) is 5.32 Å². The zero-order valence-corrected chi connectivity index (χ0v) is 12.7. The molecule has 0 radical (unpaired) electrons. The van der Waals surface area contributed by atoms with Gasteiger partial charge in [-0.3, -0.25) is 0 Å². The third-order valence-electron chi connectivity index (χ3n) is 3.02. The van der Waals surface area contributed by atoms with Crippen LogP contribution in [0.2, 0.25) is 5.02 Å². The molecule has 110 valence electrons. The van der Waals surface area contributed by atoms with Crippen LogP contribution >= 0.6 is 11.6 Å². The molecule has 5 heteroatoms. The molecular formula is C16H17ClN2O2. The molecule has 0 unspecified atom stereocenters. The molecule has 0 aliphatic heterocycles. The maximum Gasteiger partial charge on any atom is 0.338 e. The first-order valence-corrected chi connectivity index (χ1v) is 6.99. The number of carbonyl (C=O) groups excluding carboxylic acids is 1. The fraction of sp³-hybridized carbons (Fsp3) is 0.188. The molecule has 2 aromatic rings. The average molecular weight is 305 g/mol. The largest absolute Gasteiger partial charge is 0.462 e. The summed E-state index contributed by atoms with van der Waals surface area (Å²) < 4.78 is 4.98. The van der Waals surface area contributed by atoms with Crippen molar-refractivity contribution >= 4 is 34.6 Å². The van der Waals surface area contributed by atoms with Gasteiger partial charge in [-0.05, 0) is 49.7 Å². The quantitative estimate of drug-likeness (QED) is 0.658. The van der Waals surface area contributed by atoms with E-state index in [-0.39, 0.29) is 5.97 Å². The Kier molecular flexibility index (Phi) is 4.70. The van der Waals surface area contributed by atoms with E-state index in [1.54, 1.807) is 25.1 Å². The standard InChI is InChI=1S/C16H17ClN2O2/c1-3-21-16(20)11-5-7-14(18)15(8-11)19-12-6-4-10(2)13(17)9-12/h4-9,19H,3,18H2,1-2H3. The summed E-state index contributed by atoms with van der Waals surface area (Å²) in [4.78, 5) is 11.7. The molecule has 0 saturated heterocycles. The molecule has 0 amide bonds. The highest BCUT2D eigenvalue weighted by Gasteiger charge is 2.09. The third-order valence-corrected chi connectivity index (χ3v) is 3.42. The minimum Gasteiger partial charge on any atom is -0.462 e. The van der Waals surface area contributed by atoms with Crippen molar-refractivity contribution in [3.63, 3.8) is 0 Å². The summed E-state index contributed by atoms with van der Waals surface area (Å²) >= 11 is 6.10. The summed E-state index contributed by atoms with van der Waals surface area (Å²) in [5.41, 5.74) is 9.36. The first-order valence-electron chi connectivity index (χ1n) is 6.61. The predicted molar refractivity (Wildman–Crippen MR) is 86.3 cm³/mol. The highest BCUT2D eigenvalue weighted by atomic mass is 35.5. The van der Waals surface area contributed by atoms with Crippen molar-refractivity contribution in [1.82, 2.24) is 0 Å². The number of anilines is 3. The number of esters is 1. The van der Waals surface area contributed by atoms with Crippen molar-refractivity contribution in [2.24, 2.45) is 0 Å². The molecule has 0 spiro atoms. The lowest BCUT2D eigenvalue weighted by molar-refractivity contribution is 0.0526. The van der Waals surface area contributed by atoms with E-state index in [4.69, 9.17) is 22.1 Å². The van der Waals surface area contributed by atoms with Gasteiger partial charge in [0.1, 0.15) is 0 Å². The van der Waals surface area contributed by atoms with Crippen molar-refractivity contribution in [3.05, 3.63) is 52.5 Å². The van der Waals surface area contributed by atoms with Crippen LogP contribution in [0, 0.1) is 6.92 Å². The van der Waals surface area contributed by atoms with Crippen molar-refractivity contribution < 1.29 is 9.53 Å². The van der Waals surface area contributed by atoms with Crippen LogP contribution < -0.4 is 11.1 Å². The van der Waals surface area contributed by atoms with Crippen LogP contribution in [0.25, 0.3) is 0 Å². The minimum atomic E-state index is -0.373. The summed E-state index contributed by atoms with van der Waals surface area (Å²) in [6, 6.07) is 10.6. The summed E-state index contributed by atoms with van der Waals surface area (Å²) in [5.74, 6) is -0.373. The van der Waals surface area contributed by atoms with Crippen LogP contribution in [0.4, 0.5) is 17.1 Å². The van der Waals surface area contributed by atoms with E-state index in [0.29, 0.717) is 28.6 Å². The number of halogens is 1. The molecule has 0 bridgehead atoms. The Morgan fingerprint density at radius 2 is 2.05 bits per heavy atom. The normalized spacial score (nSPS) is 10.2. The second-order valence-corrected chi connectivity index (χ2v) is 5.02. The fourth-order valence-corrected chi connectivity index (χ4v) is 2.01. The molecule has 4 nitrogen and oxygen atoms in total. The number of aryl methyl sites for hydroxylation is 1. The van der Waals surface area contributed by atoms with E-state index in [0.717, 1.165) is 11.3 Å². The molecule has 0 aromatic heterocycles. The Hall–Kier alpha value is -2.20. The molecule has 0 fully saturated rings. The number of hydrogen-bond donors (Lipinski definition) is 2. The lowest BCUT2D eigenvalue weighted by Crippen LogP contribution is -2.06. The number of rotatable bonds is 4. The monoisotopic (exact) mass is 304 g/mol. The van der Waals surface area contributed by atoms with Gasteiger partial charge in [0.25, 0.3) is 0 Å². The van der Waals surface area contributed by atoms with Crippen molar-refractivity contribution in [2.75, 3.05) is 17.7 Å². The highest BCUT2D eigenvalue weighted by molar-refractivity contribution is 6.31. The molecule has 0 atom stereocenters. The fourth-order valence-electron chi connectivity index (χ4n) is 1.83. The highest BCUT2D eigenvalue weighted by Crippen LogP contribution is 2.27. The summed E-state index contributed by atoms with van der Waals surface area (Å²) in [5, 5.41) is 3.83. The van der Waals surface area contributed by atoms with Gasteiger partial charge in [0.15, 0.2) is 0 Å². The number of benzene rings is 2. The van der Waals surface area contributed by atoms with Gasteiger partial charge in [0, 0.05) is 10.7 Å². The molecule has 21 heavy (non-hydrogen) atoms. The maximum atomic E-state index is 11.7. The number of nitrogens with two attached hydrogens (primary N) is 1. The summed E-state index contributed by atoms with van der Waals surface area (Å²) in [7, 11) is 0. The van der Waals surface area contributed by atoms with E-state index in [9.17, 15) is 4.79 Å². The average Bonchev–Trinajstić information content (AvgIpc) is 2.45. The maximum absolute atomic E-state index is 11.7. The number of nitrogens with one attached hydrogen (secondary N) is 1. The molecule has 0 aliphatic carbocycles. The summed E-state index contributed by atoms with van der Waals surface area (Å²) in [6.07, 6.45) is 0. The lowest BCUT2D eigenvalue weighted by Gasteiger charge is -2.12. The van der Waals surface area contributed by atoms with Crippen LogP contribution in [-0.2, 0) is 4.74 Å². The van der Waals surface area contributed by atoms with Crippen molar-refractivity contribution in [1.29, 1.82) is 0 Å². The molecule has 3 N–H and O–H groups in total. The van der Waals surface area contributed by atoms with Gasteiger partial charge in [0.2, 0.25) is 0 Å². The van der Waals surface area contributed by atoms with E-state index < -0.39 is 0 Å². The van der Waals surface area contributed by atoms with Gasteiger partial charge in [0.05, 0.1) is 23.5 Å². The molecule has 0 heterocycles. The minimum absolute atomic E-state index is 0.333. The SMILES string of the molecule is CCOC(=O)c1ccc(N)c(Nc2ccc(C)c(Cl)c2)c1. The van der Waals surface area contributed by atoms with Crippen LogP contribution in [0.15, 0.2) is 36.4 Å². The van der Waals surface area contributed by atoms with Gasteiger partial charge >= 0.3 is 5.97 Å². The number of hydrogen-bond acceptors (Lipinski definition) is 4. The molecule has 2 aromatic carbocycles. The lowest BCUT2D eigenvalue weighted by atomic mass is 10.1. The zero-order valence-electron chi connectivity index (χ0n) is 11.9. The Balaban J connectivity index is 2.28. The first-order chi connectivity index (χ1) is 10.0. The number of ether oxygens (including phenoxy) is 1. The van der Waals surface area contributed by atoms with Gasteiger partial charge in [-0.2, -0.15) is 0 Å². The topological polar surface area (TPSA) is 64.3 Å². The van der Waals surface area contributed by atoms with Crippen LogP contribution in [0.5, 0.6) is 0 Å². The summed E-state index contributed by atoms with van der Waals surface area (Å²) in [6.45, 7) is 4.03. The smallest absolute Gasteiger partial charge is 0.338 e. The Morgan fingerprint density at radius 1 is 1.29 bits per heavy atom. The van der Waals surface area contributed by atoms with Crippen molar-refractivity contribution in [2.45, 2.75) is 13.8 Å². The third kappa shape index (κ3) is 3.67. The van der Waals surface area contributed by atoms with E-state index >= 15 is 0 Å². The molecule has 0 saturated carbocycles. The van der Waals surface area contributed by atoms with E-state index in [1.165, 1.54) is 0 Å². The van der Waals surface area contributed by atoms with Crippen molar-refractivity contribution in [3.8, 4) is 0 Å². The predicted octanol–water partition coefficient (Wildman–Crippen LogP) is 4.15. The molecule has 0 aliphatic rings. The number of carbonyl (C=O) groups is 1. The van der Waals surface area contributed by atoms with Gasteiger partial charge in [-0.25, -0.2) is 4.79 Å². The van der Waals surface area contributed by atoms with Gasteiger partial charge < -0.3 is 15.8 Å². The second kappa shape index (κ2) is 6.50. The van der Waals surface area contributed by atoms with Gasteiger partial charge in [-0.15, -0.1) is 0 Å². The second-order valence-electron chi connectivity index (χ2n) is 4.61. The van der Waals surface area contributed by atoms with Crippen LogP contribution in [0.1, 0.15) is 22.8 Å².